The number of hydrogen-bond acceptors (Lipinski definition) is 4. The van der Waals surface area contributed by atoms with E-state index in [4.69, 9.17) is 9.47 Å². The molecule has 0 atom stereocenters. The van der Waals surface area contributed by atoms with E-state index >= 15 is 0 Å². The molecule has 2 aromatic carbocycles. The Kier molecular flexibility index (Phi) is 6.12. The van der Waals surface area contributed by atoms with Crippen LogP contribution in [0.2, 0.25) is 0 Å². The molecule has 0 aliphatic carbocycles. The second-order valence-electron chi connectivity index (χ2n) is 6.29. The first-order valence-corrected chi connectivity index (χ1v) is 9.47. The third-order valence-corrected chi connectivity index (χ3v) is 5.02. The number of methoxy groups -OCH3 is 1. The van der Waals surface area contributed by atoms with Crippen molar-refractivity contribution < 1.29 is 27.4 Å². The summed E-state index contributed by atoms with van der Waals surface area (Å²) in [4.78, 5) is 12.7. The molecule has 0 saturated carbocycles. The molecule has 3 aromatic rings. The molecule has 0 radical (unpaired) electrons. The number of amides is 1. The number of carbonyl (C=O) groups is 1. The van der Waals surface area contributed by atoms with Crippen LogP contribution in [0.1, 0.15) is 26.4 Å². The minimum absolute atomic E-state index is 0.0837. The van der Waals surface area contributed by atoms with E-state index in [9.17, 15) is 18.0 Å². The number of benzene rings is 2. The molecule has 1 aromatic heterocycles. The van der Waals surface area contributed by atoms with Crippen LogP contribution in [0.3, 0.4) is 0 Å². The van der Waals surface area contributed by atoms with E-state index in [0.717, 1.165) is 23.3 Å². The summed E-state index contributed by atoms with van der Waals surface area (Å²) >= 11 is 1.19. The number of nitrogens with one attached hydrogen (secondary N) is 1. The van der Waals surface area contributed by atoms with Crippen molar-refractivity contribution >= 4 is 22.9 Å². The van der Waals surface area contributed by atoms with Crippen LogP contribution in [0.25, 0.3) is 0 Å². The van der Waals surface area contributed by atoms with Crippen molar-refractivity contribution in [2.24, 2.45) is 0 Å². The maximum atomic E-state index is 12.8. The monoisotopic (exact) mass is 421 g/mol. The van der Waals surface area contributed by atoms with Gasteiger partial charge >= 0.3 is 6.18 Å². The second kappa shape index (κ2) is 8.57. The Hall–Kier alpha value is -3.00. The minimum atomic E-state index is -4.47. The fourth-order valence-electron chi connectivity index (χ4n) is 2.59. The maximum absolute atomic E-state index is 12.8. The van der Waals surface area contributed by atoms with Gasteiger partial charge in [0.1, 0.15) is 6.61 Å². The predicted molar refractivity (Wildman–Crippen MR) is 106 cm³/mol. The molecule has 4 nitrogen and oxygen atoms in total. The first-order valence-electron chi connectivity index (χ1n) is 8.60. The van der Waals surface area contributed by atoms with Gasteiger partial charge in [0.25, 0.3) is 5.91 Å². The number of carbonyl (C=O) groups excluding carboxylic acids is 1. The highest BCUT2D eigenvalue weighted by Gasteiger charge is 2.30. The molecule has 0 fully saturated rings. The Balaban J connectivity index is 1.65. The summed E-state index contributed by atoms with van der Waals surface area (Å²) < 4.78 is 49.4. The molecule has 0 spiro atoms. The van der Waals surface area contributed by atoms with E-state index < -0.39 is 17.6 Å². The summed E-state index contributed by atoms with van der Waals surface area (Å²) in [6, 6.07) is 11.7. The number of halogens is 3. The SMILES string of the molecule is COc1cc(C)ccc1OCc1csc(C(=O)Nc2cccc(C(F)(F)F)c2)c1. The Bertz CT molecular complexity index is 1010. The van der Waals surface area contributed by atoms with Crippen molar-refractivity contribution in [3.63, 3.8) is 0 Å². The molecule has 0 bridgehead atoms. The predicted octanol–water partition coefficient (Wildman–Crippen LogP) is 5.92. The first kappa shape index (κ1) is 20.7. The molecule has 8 heteroatoms. The zero-order valence-electron chi connectivity index (χ0n) is 15.7. The van der Waals surface area contributed by atoms with Crippen molar-refractivity contribution in [1.82, 2.24) is 0 Å². The van der Waals surface area contributed by atoms with E-state index in [1.165, 1.54) is 23.5 Å². The molecule has 3 rings (SSSR count). The fraction of sp³-hybridized carbons (Fsp3) is 0.190. The number of hydrogen-bond donors (Lipinski definition) is 1. The van der Waals surface area contributed by atoms with Gasteiger partial charge in [-0.25, -0.2) is 0 Å². The van der Waals surface area contributed by atoms with E-state index in [1.807, 2.05) is 25.1 Å². The normalized spacial score (nSPS) is 11.2. The van der Waals surface area contributed by atoms with E-state index in [2.05, 4.69) is 5.32 Å². The van der Waals surface area contributed by atoms with Crippen LogP contribution in [0.5, 0.6) is 11.5 Å². The van der Waals surface area contributed by atoms with Crippen molar-refractivity contribution in [1.29, 1.82) is 0 Å². The number of thiophene rings is 1. The second-order valence-corrected chi connectivity index (χ2v) is 7.21. The smallest absolute Gasteiger partial charge is 0.416 e. The van der Waals surface area contributed by atoms with Crippen LogP contribution < -0.4 is 14.8 Å². The zero-order valence-corrected chi connectivity index (χ0v) is 16.5. The van der Waals surface area contributed by atoms with Gasteiger partial charge in [-0.3, -0.25) is 4.79 Å². The van der Waals surface area contributed by atoms with Crippen molar-refractivity contribution in [3.8, 4) is 11.5 Å². The standard InChI is InChI=1S/C21H18F3NO3S/c1-13-6-7-17(18(8-13)27-2)28-11-14-9-19(29-12-14)20(26)25-16-5-3-4-15(10-16)21(22,23)24/h3-10,12H,11H2,1-2H3,(H,25,26). The van der Waals surface area contributed by atoms with Gasteiger partial charge in [0.15, 0.2) is 11.5 Å². The molecule has 152 valence electrons. The quantitative estimate of drug-likeness (QED) is 0.538. The number of anilines is 1. The third kappa shape index (κ3) is 5.29. The van der Waals surface area contributed by atoms with Crippen LogP contribution in [-0.4, -0.2) is 13.0 Å². The van der Waals surface area contributed by atoms with Gasteiger partial charge in [-0.2, -0.15) is 13.2 Å². The number of rotatable bonds is 6. The largest absolute Gasteiger partial charge is 0.493 e. The van der Waals surface area contributed by atoms with Crippen LogP contribution in [0.4, 0.5) is 18.9 Å². The van der Waals surface area contributed by atoms with Gasteiger partial charge in [0, 0.05) is 11.3 Å². The number of ether oxygens (including phenoxy) is 2. The van der Waals surface area contributed by atoms with E-state index in [0.29, 0.717) is 16.4 Å². The first-order chi connectivity index (χ1) is 13.8. The minimum Gasteiger partial charge on any atom is -0.493 e. The van der Waals surface area contributed by atoms with Gasteiger partial charge in [0.2, 0.25) is 0 Å². The van der Waals surface area contributed by atoms with Crippen LogP contribution in [-0.2, 0) is 12.8 Å². The van der Waals surface area contributed by atoms with Gasteiger partial charge in [0.05, 0.1) is 17.6 Å². The molecular weight excluding hydrogens is 403 g/mol. The molecule has 29 heavy (non-hydrogen) atoms. The Morgan fingerprint density at radius 3 is 2.62 bits per heavy atom. The van der Waals surface area contributed by atoms with Gasteiger partial charge < -0.3 is 14.8 Å². The van der Waals surface area contributed by atoms with Gasteiger partial charge in [-0.1, -0.05) is 12.1 Å². The topological polar surface area (TPSA) is 47.6 Å². The molecule has 1 N–H and O–H groups in total. The van der Waals surface area contributed by atoms with E-state index in [-0.39, 0.29) is 12.3 Å². The lowest BCUT2D eigenvalue weighted by molar-refractivity contribution is -0.137. The van der Waals surface area contributed by atoms with Gasteiger partial charge in [-0.05, 0) is 54.3 Å². The number of aryl methyl sites for hydroxylation is 1. The molecular formula is C21H18F3NO3S. The highest BCUT2D eigenvalue weighted by Crippen LogP contribution is 2.31. The van der Waals surface area contributed by atoms with Crippen molar-refractivity contribution in [3.05, 3.63) is 75.5 Å². The molecule has 0 aliphatic heterocycles. The van der Waals surface area contributed by atoms with Gasteiger partial charge in [-0.15, -0.1) is 11.3 Å². The Morgan fingerprint density at radius 1 is 1.10 bits per heavy atom. The summed E-state index contributed by atoms with van der Waals surface area (Å²) in [7, 11) is 1.56. The molecule has 0 aliphatic rings. The summed E-state index contributed by atoms with van der Waals surface area (Å²) in [6.07, 6.45) is -4.47. The summed E-state index contributed by atoms with van der Waals surface area (Å²) in [6.45, 7) is 2.17. The molecule has 0 unspecified atom stereocenters. The Labute approximate surface area is 169 Å². The maximum Gasteiger partial charge on any atom is 0.416 e. The summed E-state index contributed by atoms with van der Waals surface area (Å²) in [5, 5.41) is 4.26. The Morgan fingerprint density at radius 2 is 1.90 bits per heavy atom. The van der Waals surface area contributed by atoms with Crippen molar-refractivity contribution in [2.45, 2.75) is 19.7 Å². The fourth-order valence-corrected chi connectivity index (χ4v) is 3.38. The van der Waals surface area contributed by atoms with Crippen LogP contribution in [0, 0.1) is 6.92 Å². The average Bonchev–Trinajstić information content (AvgIpc) is 3.15. The summed E-state index contributed by atoms with van der Waals surface area (Å²) in [5.74, 6) is 0.718. The van der Waals surface area contributed by atoms with Crippen molar-refractivity contribution in [2.75, 3.05) is 12.4 Å². The zero-order chi connectivity index (χ0) is 21.0. The lowest BCUT2D eigenvalue weighted by Gasteiger charge is -2.10. The molecule has 0 saturated heterocycles. The lowest BCUT2D eigenvalue weighted by atomic mass is 10.2. The van der Waals surface area contributed by atoms with E-state index in [1.54, 1.807) is 18.6 Å². The van der Waals surface area contributed by atoms with Crippen LogP contribution in [0.15, 0.2) is 53.9 Å². The highest BCUT2D eigenvalue weighted by molar-refractivity contribution is 7.12. The van der Waals surface area contributed by atoms with Crippen LogP contribution >= 0.6 is 11.3 Å². The highest BCUT2D eigenvalue weighted by atomic mass is 32.1. The number of alkyl halides is 3. The summed E-state index contributed by atoms with van der Waals surface area (Å²) in [5.41, 5.74) is 1.08. The average molecular weight is 421 g/mol. The third-order valence-electron chi connectivity index (χ3n) is 4.04. The lowest BCUT2D eigenvalue weighted by Crippen LogP contribution is -2.12. The molecule has 1 heterocycles. The molecule has 1 amide bonds.